The van der Waals surface area contributed by atoms with Crippen LogP contribution in [0.15, 0.2) is 54.6 Å². The number of aryl methyl sites for hydroxylation is 1. The van der Waals surface area contributed by atoms with E-state index in [9.17, 15) is 4.39 Å². The van der Waals surface area contributed by atoms with Gasteiger partial charge in [-0.1, -0.05) is 24.3 Å². The Kier molecular flexibility index (Phi) is 3.21. The van der Waals surface area contributed by atoms with Crippen LogP contribution >= 0.6 is 0 Å². The molecule has 100 valence electrons. The molecule has 3 aromatic rings. The number of rotatable bonds is 3. The highest BCUT2D eigenvalue weighted by Crippen LogP contribution is 2.24. The summed E-state index contributed by atoms with van der Waals surface area (Å²) in [5.74, 6) is 0.452. The van der Waals surface area contributed by atoms with Crippen LogP contribution in [0.2, 0.25) is 0 Å². The van der Waals surface area contributed by atoms with Crippen LogP contribution in [-0.2, 0) is 0 Å². The van der Waals surface area contributed by atoms with Crippen LogP contribution in [0, 0.1) is 12.7 Å². The fourth-order valence-corrected chi connectivity index (χ4v) is 2.08. The Morgan fingerprint density at radius 3 is 2.55 bits per heavy atom. The van der Waals surface area contributed by atoms with Crippen molar-refractivity contribution in [1.82, 2.24) is 10.2 Å². The molecule has 0 atom stereocenters. The number of hydrogen-bond donors (Lipinski definition) is 2. The zero-order valence-electron chi connectivity index (χ0n) is 11.0. The maximum Gasteiger partial charge on any atom is 0.152 e. The number of benzene rings is 2. The first-order valence-electron chi connectivity index (χ1n) is 6.36. The lowest BCUT2D eigenvalue weighted by Crippen LogP contribution is -1.90. The highest BCUT2D eigenvalue weighted by atomic mass is 19.1. The van der Waals surface area contributed by atoms with Crippen molar-refractivity contribution in [3.63, 3.8) is 0 Å². The molecule has 3 rings (SSSR count). The molecule has 0 unspecified atom stereocenters. The van der Waals surface area contributed by atoms with E-state index in [0.717, 1.165) is 16.9 Å². The Morgan fingerprint density at radius 2 is 1.80 bits per heavy atom. The van der Waals surface area contributed by atoms with Gasteiger partial charge in [0.25, 0.3) is 0 Å². The number of halogens is 1. The maximum atomic E-state index is 12.8. The molecule has 3 nitrogen and oxygen atoms in total. The van der Waals surface area contributed by atoms with Crippen LogP contribution in [0.4, 0.5) is 15.9 Å². The van der Waals surface area contributed by atoms with Crippen LogP contribution < -0.4 is 5.32 Å². The van der Waals surface area contributed by atoms with Crippen molar-refractivity contribution in [3.05, 3.63) is 66.0 Å². The van der Waals surface area contributed by atoms with Crippen molar-refractivity contribution in [1.29, 1.82) is 0 Å². The van der Waals surface area contributed by atoms with E-state index in [0.29, 0.717) is 5.82 Å². The molecule has 4 heteroatoms. The van der Waals surface area contributed by atoms with Crippen LogP contribution in [-0.4, -0.2) is 10.2 Å². The van der Waals surface area contributed by atoms with E-state index in [4.69, 9.17) is 0 Å². The van der Waals surface area contributed by atoms with Crippen molar-refractivity contribution < 1.29 is 4.39 Å². The number of nitrogens with one attached hydrogen (secondary N) is 2. The minimum Gasteiger partial charge on any atom is -0.339 e. The average Bonchev–Trinajstić information content (AvgIpc) is 2.90. The van der Waals surface area contributed by atoms with Gasteiger partial charge in [-0.25, -0.2) is 4.39 Å². The van der Waals surface area contributed by atoms with E-state index in [1.54, 1.807) is 12.1 Å². The van der Waals surface area contributed by atoms with Crippen LogP contribution in [0.25, 0.3) is 11.3 Å². The third-order valence-electron chi connectivity index (χ3n) is 3.13. The maximum absolute atomic E-state index is 12.8. The molecule has 0 amide bonds. The summed E-state index contributed by atoms with van der Waals surface area (Å²) in [4.78, 5) is 0. The van der Waals surface area contributed by atoms with Crippen LogP contribution in [0.5, 0.6) is 0 Å². The summed E-state index contributed by atoms with van der Waals surface area (Å²) in [5, 5.41) is 10.4. The minimum absolute atomic E-state index is 0.252. The Labute approximate surface area is 116 Å². The first kappa shape index (κ1) is 12.4. The van der Waals surface area contributed by atoms with E-state index in [-0.39, 0.29) is 5.82 Å². The number of aromatic amines is 1. The molecule has 0 spiro atoms. The van der Waals surface area contributed by atoms with E-state index < -0.39 is 0 Å². The summed E-state index contributed by atoms with van der Waals surface area (Å²) in [6, 6.07) is 16.2. The predicted octanol–water partition coefficient (Wildman–Crippen LogP) is 4.27. The van der Waals surface area contributed by atoms with Crippen molar-refractivity contribution in [2.24, 2.45) is 0 Å². The first-order valence-corrected chi connectivity index (χ1v) is 6.36. The quantitative estimate of drug-likeness (QED) is 0.744. The summed E-state index contributed by atoms with van der Waals surface area (Å²) < 4.78 is 12.8. The van der Waals surface area contributed by atoms with Gasteiger partial charge in [0.1, 0.15) is 5.82 Å². The van der Waals surface area contributed by atoms with Crippen molar-refractivity contribution in [3.8, 4) is 11.3 Å². The molecule has 0 saturated carbocycles. The predicted molar refractivity (Wildman–Crippen MR) is 78.4 cm³/mol. The van der Waals surface area contributed by atoms with E-state index in [1.165, 1.54) is 17.7 Å². The lowest BCUT2D eigenvalue weighted by molar-refractivity contribution is 0.628. The van der Waals surface area contributed by atoms with Gasteiger partial charge in [0, 0.05) is 17.3 Å². The number of H-pyrrole nitrogens is 1. The van der Waals surface area contributed by atoms with Gasteiger partial charge in [-0.2, -0.15) is 5.10 Å². The molecule has 20 heavy (non-hydrogen) atoms. The Morgan fingerprint density at radius 1 is 1.05 bits per heavy atom. The lowest BCUT2D eigenvalue weighted by Gasteiger charge is -2.02. The summed E-state index contributed by atoms with van der Waals surface area (Å²) >= 11 is 0. The highest BCUT2D eigenvalue weighted by molar-refractivity contribution is 5.68. The van der Waals surface area contributed by atoms with Crippen molar-refractivity contribution >= 4 is 11.5 Å². The summed E-state index contributed by atoms with van der Waals surface area (Å²) in [6.07, 6.45) is 0. The Hall–Kier alpha value is -2.62. The van der Waals surface area contributed by atoms with Gasteiger partial charge in [-0.15, -0.1) is 0 Å². The average molecular weight is 267 g/mol. The van der Waals surface area contributed by atoms with Gasteiger partial charge in [0.05, 0.1) is 5.69 Å². The first-order chi connectivity index (χ1) is 9.72. The summed E-state index contributed by atoms with van der Waals surface area (Å²) in [7, 11) is 0. The normalized spacial score (nSPS) is 10.5. The third-order valence-corrected chi connectivity index (χ3v) is 3.13. The molecule has 2 aromatic carbocycles. The standard InChI is InChI=1S/C16H14FN3/c1-11-4-2-3-5-14(11)15-10-16(20-19-15)18-13-8-6-12(17)7-9-13/h2-10H,1H3,(H2,18,19,20). The lowest BCUT2D eigenvalue weighted by atomic mass is 10.1. The fourth-order valence-electron chi connectivity index (χ4n) is 2.08. The fraction of sp³-hybridized carbons (Fsp3) is 0.0625. The third kappa shape index (κ3) is 2.54. The molecule has 1 aromatic heterocycles. The van der Waals surface area contributed by atoms with Gasteiger partial charge in [0.15, 0.2) is 5.82 Å². The number of nitrogens with zero attached hydrogens (tertiary/aromatic N) is 1. The molecule has 0 bridgehead atoms. The largest absolute Gasteiger partial charge is 0.339 e. The molecular weight excluding hydrogens is 253 g/mol. The number of anilines is 2. The number of hydrogen-bond acceptors (Lipinski definition) is 2. The highest BCUT2D eigenvalue weighted by Gasteiger charge is 2.06. The minimum atomic E-state index is -0.252. The Balaban J connectivity index is 1.84. The monoisotopic (exact) mass is 267 g/mol. The topological polar surface area (TPSA) is 40.7 Å². The smallest absolute Gasteiger partial charge is 0.152 e. The molecule has 0 fully saturated rings. The second kappa shape index (κ2) is 5.17. The number of aromatic nitrogens is 2. The molecule has 2 N–H and O–H groups in total. The molecule has 0 saturated heterocycles. The molecular formula is C16H14FN3. The molecule has 0 aliphatic carbocycles. The second-order valence-corrected chi connectivity index (χ2v) is 4.61. The second-order valence-electron chi connectivity index (χ2n) is 4.61. The van der Waals surface area contributed by atoms with Crippen LogP contribution in [0.1, 0.15) is 5.56 Å². The van der Waals surface area contributed by atoms with E-state index >= 15 is 0 Å². The Bertz CT molecular complexity index is 717. The van der Waals surface area contributed by atoms with Gasteiger partial charge in [0.2, 0.25) is 0 Å². The van der Waals surface area contributed by atoms with Gasteiger partial charge in [-0.05, 0) is 36.8 Å². The van der Waals surface area contributed by atoms with Gasteiger partial charge >= 0.3 is 0 Å². The molecule has 0 aliphatic rings. The zero-order chi connectivity index (χ0) is 13.9. The SMILES string of the molecule is Cc1ccccc1-c1cc(Nc2ccc(F)cc2)n[nH]1. The van der Waals surface area contributed by atoms with Crippen molar-refractivity contribution in [2.75, 3.05) is 5.32 Å². The van der Waals surface area contributed by atoms with Gasteiger partial charge < -0.3 is 5.32 Å². The van der Waals surface area contributed by atoms with Crippen LogP contribution in [0.3, 0.4) is 0 Å². The van der Waals surface area contributed by atoms with E-state index in [2.05, 4.69) is 28.5 Å². The molecule has 1 heterocycles. The molecule has 0 aliphatic heterocycles. The zero-order valence-corrected chi connectivity index (χ0v) is 11.0. The molecule has 0 radical (unpaired) electrons. The van der Waals surface area contributed by atoms with E-state index in [1.807, 2.05) is 24.3 Å². The van der Waals surface area contributed by atoms with Crippen molar-refractivity contribution in [2.45, 2.75) is 6.92 Å². The van der Waals surface area contributed by atoms with Gasteiger partial charge in [-0.3, -0.25) is 5.10 Å². The summed E-state index contributed by atoms with van der Waals surface area (Å²) in [5.41, 5.74) is 4.05. The summed E-state index contributed by atoms with van der Waals surface area (Å²) in [6.45, 7) is 2.06.